The van der Waals surface area contributed by atoms with Crippen LogP contribution in [0.3, 0.4) is 0 Å². The van der Waals surface area contributed by atoms with Crippen molar-refractivity contribution in [1.82, 2.24) is 5.32 Å². The minimum Gasteiger partial charge on any atom is -0.505 e. The molecule has 0 amide bonds. The highest BCUT2D eigenvalue weighted by Crippen LogP contribution is 2.27. The fraction of sp³-hybridized carbons (Fsp3) is 0.600. The second kappa shape index (κ2) is 6.35. The SMILES string of the molecule is Oc1c(F)cccc1CNCC1(O)CCCCCC1. The van der Waals surface area contributed by atoms with E-state index in [2.05, 4.69) is 5.32 Å². The van der Waals surface area contributed by atoms with Crippen molar-refractivity contribution in [2.24, 2.45) is 0 Å². The molecule has 1 aliphatic carbocycles. The largest absolute Gasteiger partial charge is 0.505 e. The number of halogens is 1. The summed E-state index contributed by atoms with van der Waals surface area (Å²) < 4.78 is 13.2. The average molecular weight is 267 g/mol. The van der Waals surface area contributed by atoms with Crippen LogP contribution in [0.1, 0.15) is 44.1 Å². The molecule has 1 aromatic carbocycles. The van der Waals surface area contributed by atoms with Gasteiger partial charge in [0, 0.05) is 18.7 Å². The van der Waals surface area contributed by atoms with E-state index in [1.807, 2.05) is 0 Å². The van der Waals surface area contributed by atoms with Gasteiger partial charge in [-0.05, 0) is 18.9 Å². The molecule has 3 nitrogen and oxygen atoms in total. The summed E-state index contributed by atoms with van der Waals surface area (Å²) in [7, 11) is 0. The zero-order valence-electron chi connectivity index (χ0n) is 11.2. The van der Waals surface area contributed by atoms with Gasteiger partial charge >= 0.3 is 0 Å². The van der Waals surface area contributed by atoms with Crippen LogP contribution >= 0.6 is 0 Å². The Morgan fingerprint density at radius 1 is 1.16 bits per heavy atom. The lowest BCUT2D eigenvalue weighted by Crippen LogP contribution is -2.39. The molecule has 0 spiro atoms. The first kappa shape index (κ1) is 14.3. The van der Waals surface area contributed by atoms with Crippen molar-refractivity contribution in [2.45, 2.75) is 50.7 Å². The highest BCUT2D eigenvalue weighted by atomic mass is 19.1. The van der Waals surface area contributed by atoms with Crippen molar-refractivity contribution in [3.63, 3.8) is 0 Å². The molecule has 0 atom stereocenters. The summed E-state index contributed by atoms with van der Waals surface area (Å²) >= 11 is 0. The van der Waals surface area contributed by atoms with Crippen molar-refractivity contribution >= 4 is 0 Å². The predicted molar refractivity (Wildman–Crippen MR) is 72.4 cm³/mol. The van der Waals surface area contributed by atoms with E-state index in [9.17, 15) is 14.6 Å². The fourth-order valence-electron chi connectivity index (χ4n) is 2.70. The molecule has 19 heavy (non-hydrogen) atoms. The van der Waals surface area contributed by atoms with Gasteiger partial charge in [-0.25, -0.2) is 4.39 Å². The molecule has 1 saturated carbocycles. The third-order valence-corrected chi connectivity index (χ3v) is 3.87. The van der Waals surface area contributed by atoms with Crippen LogP contribution in [0.25, 0.3) is 0 Å². The van der Waals surface area contributed by atoms with E-state index in [-0.39, 0.29) is 5.75 Å². The lowest BCUT2D eigenvalue weighted by molar-refractivity contribution is 0.0250. The number of nitrogens with one attached hydrogen (secondary N) is 1. The molecular formula is C15H22FNO2. The lowest BCUT2D eigenvalue weighted by atomic mass is 9.94. The molecule has 0 aliphatic heterocycles. The monoisotopic (exact) mass is 267 g/mol. The Labute approximate surface area is 113 Å². The first-order chi connectivity index (χ1) is 9.11. The number of hydrogen-bond acceptors (Lipinski definition) is 3. The van der Waals surface area contributed by atoms with Gasteiger partial charge in [0.15, 0.2) is 11.6 Å². The fourth-order valence-corrected chi connectivity index (χ4v) is 2.70. The van der Waals surface area contributed by atoms with Gasteiger partial charge in [-0.15, -0.1) is 0 Å². The molecule has 2 rings (SSSR count). The van der Waals surface area contributed by atoms with E-state index in [0.717, 1.165) is 25.7 Å². The molecule has 0 unspecified atom stereocenters. The van der Waals surface area contributed by atoms with E-state index in [4.69, 9.17) is 0 Å². The van der Waals surface area contributed by atoms with Gasteiger partial charge in [-0.1, -0.05) is 37.8 Å². The topological polar surface area (TPSA) is 52.5 Å². The van der Waals surface area contributed by atoms with Crippen molar-refractivity contribution in [3.05, 3.63) is 29.6 Å². The predicted octanol–water partition coefficient (Wildman–Crippen LogP) is 2.71. The number of benzene rings is 1. The molecule has 0 bridgehead atoms. The van der Waals surface area contributed by atoms with Crippen molar-refractivity contribution in [1.29, 1.82) is 0 Å². The summed E-state index contributed by atoms with van der Waals surface area (Å²) in [6.45, 7) is 0.856. The molecule has 0 saturated heterocycles. The first-order valence-electron chi connectivity index (χ1n) is 7.00. The van der Waals surface area contributed by atoms with Crippen LogP contribution in [0.2, 0.25) is 0 Å². The van der Waals surface area contributed by atoms with E-state index < -0.39 is 11.4 Å². The Bertz CT molecular complexity index is 415. The maximum absolute atomic E-state index is 13.2. The van der Waals surface area contributed by atoms with Crippen LogP contribution in [0, 0.1) is 5.82 Å². The van der Waals surface area contributed by atoms with E-state index >= 15 is 0 Å². The Kier molecular flexibility index (Phi) is 4.77. The third kappa shape index (κ3) is 3.91. The lowest BCUT2D eigenvalue weighted by Gasteiger charge is -2.27. The molecule has 0 heterocycles. The van der Waals surface area contributed by atoms with Crippen molar-refractivity contribution < 1.29 is 14.6 Å². The summed E-state index contributed by atoms with van der Waals surface area (Å²) in [5, 5.41) is 23.2. The Morgan fingerprint density at radius 3 is 2.53 bits per heavy atom. The van der Waals surface area contributed by atoms with E-state index in [1.54, 1.807) is 12.1 Å². The second-order valence-corrected chi connectivity index (χ2v) is 5.49. The second-order valence-electron chi connectivity index (χ2n) is 5.49. The van der Waals surface area contributed by atoms with Gasteiger partial charge in [0.2, 0.25) is 0 Å². The average Bonchev–Trinajstić information content (AvgIpc) is 2.60. The third-order valence-electron chi connectivity index (χ3n) is 3.87. The zero-order valence-corrected chi connectivity index (χ0v) is 11.2. The number of phenols is 1. The normalized spacial score (nSPS) is 19.1. The number of hydrogen-bond donors (Lipinski definition) is 3. The molecule has 4 heteroatoms. The molecule has 3 N–H and O–H groups in total. The van der Waals surface area contributed by atoms with Crippen LogP contribution in [-0.4, -0.2) is 22.4 Å². The van der Waals surface area contributed by atoms with Gasteiger partial charge in [0.05, 0.1) is 5.60 Å². The Hall–Kier alpha value is -1.13. The standard InChI is InChI=1S/C15H22FNO2/c16-13-7-5-6-12(14(13)18)10-17-11-15(19)8-3-1-2-4-9-15/h5-7,17-19H,1-4,8-11H2. The molecule has 106 valence electrons. The zero-order chi connectivity index (χ0) is 13.7. The summed E-state index contributed by atoms with van der Waals surface area (Å²) in [4.78, 5) is 0. The molecule has 0 radical (unpaired) electrons. The van der Waals surface area contributed by atoms with Gasteiger partial charge in [-0.2, -0.15) is 0 Å². The first-order valence-corrected chi connectivity index (χ1v) is 7.00. The van der Waals surface area contributed by atoms with Gasteiger partial charge in [0.25, 0.3) is 0 Å². The number of aromatic hydroxyl groups is 1. The van der Waals surface area contributed by atoms with Crippen LogP contribution in [0.15, 0.2) is 18.2 Å². The molecule has 0 aromatic heterocycles. The minimum absolute atomic E-state index is 0.303. The number of phenolic OH excluding ortho intramolecular Hbond substituents is 1. The number of rotatable bonds is 4. The van der Waals surface area contributed by atoms with Gasteiger partial charge < -0.3 is 15.5 Å². The van der Waals surface area contributed by atoms with E-state index in [0.29, 0.717) is 18.7 Å². The molecule has 1 fully saturated rings. The highest BCUT2D eigenvalue weighted by molar-refractivity contribution is 5.33. The van der Waals surface area contributed by atoms with Crippen molar-refractivity contribution in [2.75, 3.05) is 6.54 Å². The number of aliphatic hydroxyl groups is 1. The summed E-state index contributed by atoms with van der Waals surface area (Å²) in [5.41, 5.74) is -0.128. The van der Waals surface area contributed by atoms with Crippen LogP contribution < -0.4 is 5.32 Å². The Balaban J connectivity index is 1.87. The quantitative estimate of drug-likeness (QED) is 0.735. The van der Waals surface area contributed by atoms with Gasteiger partial charge in [0.1, 0.15) is 0 Å². The minimum atomic E-state index is -0.653. The summed E-state index contributed by atoms with van der Waals surface area (Å²) in [6, 6.07) is 4.49. The number of para-hydroxylation sites is 1. The van der Waals surface area contributed by atoms with Crippen LogP contribution in [-0.2, 0) is 6.54 Å². The maximum Gasteiger partial charge on any atom is 0.165 e. The summed E-state index contributed by atoms with van der Waals surface area (Å²) in [6.07, 6.45) is 6.12. The van der Waals surface area contributed by atoms with Crippen molar-refractivity contribution in [3.8, 4) is 5.75 Å². The highest BCUT2D eigenvalue weighted by Gasteiger charge is 2.27. The van der Waals surface area contributed by atoms with Gasteiger partial charge in [-0.3, -0.25) is 0 Å². The summed E-state index contributed by atoms with van der Waals surface area (Å²) in [5.74, 6) is -0.907. The smallest absolute Gasteiger partial charge is 0.165 e. The van der Waals surface area contributed by atoms with Crippen LogP contribution in [0.4, 0.5) is 4.39 Å². The molecule has 1 aliphatic rings. The van der Waals surface area contributed by atoms with E-state index in [1.165, 1.54) is 18.9 Å². The molecular weight excluding hydrogens is 245 g/mol. The van der Waals surface area contributed by atoms with Crippen LogP contribution in [0.5, 0.6) is 5.75 Å². The Morgan fingerprint density at radius 2 is 1.84 bits per heavy atom. The maximum atomic E-state index is 13.2. The molecule has 1 aromatic rings.